The summed E-state index contributed by atoms with van der Waals surface area (Å²) in [6.07, 6.45) is 5.90. The van der Waals surface area contributed by atoms with Crippen molar-refractivity contribution in [3.8, 4) is 11.8 Å². The summed E-state index contributed by atoms with van der Waals surface area (Å²) in [4.78, 5) is 23.8. The van der Waals surface area contributed by atoms with Gasteiger partial charge in [0.2, 0.25) is 5.95 Å². The highest BCUT2D eigenvalue weighted by Gasteiger charge is 2.31. The molecular weight excluding hydrogens is 440 g/mol. The molecule has 1 aromatic carbocycles. The maximum absolute atomic E-state index is 13.5. The molecule has 0 bridgehead atoms. The van der Waals surface area contributed by atoms with E-state index in [1.165, 1.54) is 0 Å². The van der Waals surface area contributed by atoms with Gasteiger partial charge in [-0.1, -0.05) is 11.6 Å². The van der Waals surface area contributed by atoms with Crippen LogP contribution in [0.25, 0.3) is 0 Å². The smallest absolute Gasteiger partial charge is 0.254 e. The molecule has 1 unspecified atom stereocenters. The Bertz CT molecular complexity index is 1230. The first-order valence-electron chi connectivity index (χ1n) is 10.8. The minimum Gasteiger partial charge on any atom is -0.491 e. The van der Waals surface area contributed by atoms with Crippen LogP contribution >= 0.6 is 11.6 Å². The fourth-order valence-electron chi connectivity index (χ4n) is 4.17. The zero-order chi connectivity index (χ0) is 23.5. The maximum Gasteiger partial charge on any atom is 0.254 e. The zero-order valence-corrected chi connectivity index (χ0v) is 19.6. The highest BCUT2D eigenvalue weighted by Crippen LogP contribution is 2.33. The van der Waals surface area contributed by atoms with Gasteiger partial charge >= 0.3 is 0 Å². The number of hydrogen-bond donors (Lipinski definition) is 1. The number of pyridine rings is 1. The van der Waals surface area contributed by atoms with E-state index in [1.807, 2.05) is 54.8 Å². The Morgan fingerprint density at radius 3 is 2.88 bits per heavy atom. The Labute approximate surface area is 197 Å². The third-order valence-corrected chi connectivity index (χ3v) is 6.21. The number of amides is 1. The number of rotatable bonds is 7. The van der Waals surface area contributed by atoms with E-state index in [0.29, 0.717) is 42.5 Å². The van der Waals surface area contributed by atoms with Gasteiger partial charge in [0.15, 0.2) is 11.4 Å². The molecule has 0 saturated carbocycles. The molecule has 0 aliphatic carbocycles. The van der Waals surface area contributed by atoms with Crippen molar-refractivity contribution >= 4 is 23.5 Å². The van der Waals surface area contributed by atoms with Crippen LogP contribution in [0, 0.1) is 11.3 Å². The molecule has 0 fully saturated rings. The molecule has 2 aromatic heterocycles. The van der Waals surface area contributed by atoms with Gasteiger partial charge < -0.3 is 19.5 Å². The number of nitriles is 1. The summed E-state index contributed by atoms with van der Waals surface area (Å²) in [5.41, 5.74) is 3.47. The second-order valence-electron chi connectivity index (χ2n) is 7.82. The van der Waals surface area contributed by atoms with E-state index in [2.05, 4.69) is 15.3 Å². The normalized spacial score (nSPS) is 13.9. The third-order valence-electron chi connectivity index (χ3n) is 5.87. The highest BCUT2D eigenvalue weighted by atomic mass is 35.5. The molecule has 1 aliphatic rings. The number of carbonyl (C=O) groups excluding carboxylic acids is 1. The summed E-state index contributed by atoms with van der Waals surface area (Å²) in [6.45, 7) is 5.33. The van der Waals surface area contributed by atoms with Crippen LogP contribution in [0.3, 0.4) is 0 Å². The molecule has 1 amide bonds. The van der Waals surface area contributed by atoms with E-state index in [-0.39, 0.29) is 17.6 Å². The van der Waals surface area contributed by atoms with Crippen molar-refractivity contribution in [1.29, 1.82) is 5.26 Å². The summed E-state index contributed by atoms with van der Waals surface area (Å²) in [5, 5.41) is 12.9. The van der Waals surface area contributed by atoms with Crippen LogP contribution in [0.15, 0.2) is 36.8 Å². The van der Waals surface area contributed by atoms with Crippen LogP contribution in [-0.4, -0.2) is 45.5 Å². The number of hydrogen-bond acceptors (Lipinski definition) is 6. The SMILES string of the molecule is CCOc1cc(C(C)N2CCc3c(Cl)cc(Cn4ccnc4NC)cc3C2=O)cnc1C#N. The molecule has 0 saturated heterocycles. The first kappa shape index (κ1) is 22.6. The number of imidazole rings is 1. The lowest BCUT2D eigenvalue weighted by atomic mass is 9.94. The predicted octanol–water partition coefficient (Wildman–Crippen LogP) is 4.05. The largest absolute Gasteiger partial charge is 0.491 e. The van der Waals surface area contributed by atoms with E-state index in [0.717, 1.165) is 22.6 Å². The number of carbonyl (C=O) groups is 1. The molecule has 3 heterocycles. The van der Waals surface area contributed by atoms with Crippen molar-refractivity contribution in [2.24, 2.45) is 0 Å². The van der Waals surface area contributed by atoms with E-state index in [9.17, 15) is 10.1 Å². The average molecular weight is 465 g/mol. The lowest BCUT2D eigenvalue weighted by Gasteiger charge is -2.34. The van der Waals surface area contributed by atoms with E-state index >= 15 is 0 Å². The van der Waals surface area contributed by atoms with Crippen LogP contribution in [-0.2, 0) is 13.0 Å². The lowest BCUT2D eigenvalue weighted by molar-refractivity contribution is 0.0672. The highest BCUT2D eigenvalue weighted by molar-refractivity contribution is 6.32. The molecular formula is C24H25ClN6O2. The standard InChI is InChI=1S/C24H25ClN6O2/c1-4-33-22-11-17(13-29-21(22)12-26)15(2)31-7-5-18-19(23(31)32)9-16(10-20(18)25)14-30-8-6-28-24(30)27-3/h6,8-11,13,15H,4-5,7,14H2,1-3H3,(H,27,28). The number of ether oxygens (including phenoxy) is 1. The zero-order valence-electron chi connectivity index (χ0n) is 18.8. The number of halogens is 1. The number of aromatic nitrogens is 3. The first-order chi connectivity index (χ1) is 16.0. The van der Waals surface area contributed by atoms with Gasteiger partial charge in [0, 0.05) is 42.8 Å². The van der Waals surface area contributed by atoms with Gasteiger partial charge in [-0.3, -0.25) is 4.79 Å². The van der Waals surface area contributed by atoms with Gasteiger partial charge in [-0.25, -0.2) is 9.97 Å². The molecule has 170 valence electrons. The molecule has 33 heavy (non-hydrogen) atoms. The first-order valence-corrected chi connectivity index (χ1v) is 11.2. The average Bonchev–Trinajstić information content (AvgIpc) is 3.26. The topological polar surface area (TPSA) is 96.1 Å². The van der Waals surface area contributed by atoms with Gasteiger partial charge in [0.1, 0.15) is 6.07 Å². The van der Waals surface area contributed by atoms with Gasteiger partial charge in [-0.05, 0) is 55.2 Å². The minimum atomic E-state index is -0.239. The van der Waals surface area contributed by atoms with Crippen molar-refractivity contribution in [2.45, 2.75) is 32.9 Å². The van der Waals surface area contributed by atoms with E-state index < -0.39 is 0 Å². The van der Waals surface area contributed by atoms with Gasteiger partial charge in [-0.15, -0.1) is 0 Å². The molecule has 1 atom stereocenters. The Morgan fingerprint density at radius 2 is 2.15 bits per heavy atom. The molecule has 1 N–H and O–H groups in total. The van der Waals surface area contributed by atoms with Crippen molar-refractivity contribution in [3.05, 3.63) is 69.8 Å². The van der Waals surface area contributed by atoms with Gasteiger partial charge in [-0.2, -0.15) is 5.26 Å². The minimum absolute atomic E-state index is 0.0747. The monoisotopic (exact) mass is 464 g/mol. The van der Waals surface area contributed by atoms with Crippen molar-refractivity contribution in [2.75, 3.05) is 25.5 Å². The summed E-state index contributed by atoms with van der Waals surface area (Å²) in [7, 11) is 1.82. The Balaban J connectivity index is 1.63. The number of nitrogens with zero attached hydrogens (tertiary/aromatic N) is 5. The van der Waals surface area contributed by atoms with Crippen LogP contribution in [0.2, 0.25) is 5.02 Å². The summed E-state index contributed by atoms with van der Waals surface area (Å²) in [5.74, 6) is 1.10. The van der Waals surface area contributed by atoms with Crippen LogP contribution < -0.4 is 10.1 Å². The van der Waals surface area contributed by atoms with Crippen molar-refractivity contribution < 1.29 is 9.53 Å². The van der Waals surface area contributed by atoms with Crippen molar-refractivity contribution in [1.82, 2.24) is 19.4 Å². The van der Waals surface area contributed by atoms with Gasteiger partial charge in [0.25, 0.3) is 5.91 Å². The summed E-state index contributed by atoms with van der Waals surface area (Å²) >= 11 is 6.59. The quantitative estimate of drug-likeness (QED) is 0.566. The Morgan fingerprint density at radius 1 is 1.33 bits per heavy atom. The molecule has 1 aliphatic heterocycles. The van der Waals surface area contributed by atoms with Crippen molar-refractivity contribution in [3.63, 3.8) is 0 Å². The second kappa shape index (κ2) is 9.51. The van der Waals surface area contributed by atoms with Crippen LogP contribution in [0.4, 0.5) is 5.95 Å². The lowest BCUT2D eigenvalue weighted by Crippen LogP contribution is -2.39. The summed E-state index contributed by atoms with van der Waals surface area (Å²) < 4.78 is 7.53. The van der Waals surface area contributed by atoms with Crippen LogP contribution in [0.1, 0.15) is 52.6 Å². The predicted molar refractivity (Wildman–Crippen MR) is 126 cm³/mol. The Kier molecular flexibility index (Phi) is 6.52. The number of fused-ring (bicyclic) bond motifs is 1. The summed E-state index contributed by atoms with van der Waals surface area (Å²) in [6, 6.07) is 7.44. The Hall–Kier alpha value is -3.57. The molecule has 9 heteroatoms. The fourth-order valence-corrected chi connectivity index (χ4v) is 4.50. The van der Waals surface area contributed by atoms with E-state index in [1.54, 1.807) is 18.5 Å². The molecule has 0 spiro atoms. The fraction of sp³-hybridized carbons (Fsp3) is 0.333. The maximum atomic E-state index is 13.5. The molecule has 3 aromatic rings. The number of benzene rings is 1. The van der Waals surface area contributed by atoms with E-state index in [4.69, 9.17) is 16.3 Å². The third kappa shape index (κ3) is 4.37. The molecule has 8 nitrogen and oxygen atoms in total. The van der Waals surface area contributed by atoms with Gasteiger partial charge in [0.05, 0.1) is 19.2 Å². The molecule has 4 rings (SSSR count). The number of nitrogens with one attached hydrogen (secondary N) is 1. The molecule has 0 radical (unpaired) electrons. The number of anilines is 1. The van der Waals surface area contributed by atoms with Crippen LogP contribution in [0.5, 0.6) is 5.75 Å². The second-order valence-corrected chi connectivity index (χ2v) is 8.22.